The minimum absolute atomic E-state index is 0. The van der Waals surface area contributed by atoms with Crippen LogP contribution < -0.4 is 10.5 Å². The van der Waals surface area contributed by atoms with Gasteiger partial charge in [0.25, 0.3) is 5.92 Å². The SMILES string of the molecule is COc1ccc(Br)cc1[C@H](N)C(F)(F)CO.Cl. The molecule has 17 heavy (non-hydrogen) atoms. The average Bonchev–Trinajstić information content (AvgIpc) is 2.28. The van der Waals surface area contributed by atoms with Crippen molar-refractivity contribution in [1.29, 1.82) is 0 Å². The van der Waals surface area contributed by atoms with Crippen LogP contribution in [0, 0.1) is 0 Å². The number of halogens is 4. The quantitative estimate of drug-likeness (QED) is 0.891. The smallest absolute Gasteiger partial charge is 0.289 e. The van der Waals surface area contributed by atoms with Crippen LogP contribution in [0.1, 0.15) is 11.6 Å². The summed E-state index contributed by atoms with van der Waals surface area (Å²) in [6.07, 6.45) is 0. The van der Waals surface area contributed by atoms with Gasteiger partial charge in [0.05, 0.1) is 7.11 Å². The number of methoxy groups -OCH3 is 1. The molecule has 0 radical (unpaired) electrons. The highest BCUT2D eigenvalue weighted by atomic mass is 79.9. The summed E-state index contributed by atoms with van der Waals surface area (Å²) in [6.45, 7) is -1.30. The van der Waals surface area contributed by atoms with Crippen molar-refractivity contribution in [3.63, 3.8) is 0 Å². The molecule has 1 aromatic rings. The molecule has 3 N–H and O–H groups in total. The van der Waals surface area contributed by atoms with Gasteiger partial charge >= 0.3 is 0 Å². The van der Waals surface area contributed by atoms with Crippen molar-refractivity contribution in [2.24, 2.45) is 5.73 Å². The van der Waals surface area contributed by atoms with Gasteiger partial charge in [-0.2, -0.15) is 0 Å². The maximum absolute atomic E-state index is 13.2. The number of aliphatic hydroxyl groups excluding tert-OH is 1. The van der Waals surface area contributed by atoms with Crippen LogP contribution in [-0.2, 0) is 0 Å². The summed E-state index contributed by atoms with van der Waals surface area (Å²) >= 11 is 3.16. The molecule has 1 aromatic carbocycles. The fourth-order valence-corrected chi connectivity index (χ4v) is 1.65. The summed E-state index contributed by atoms with van der Waals surface area (Å²) in [5, 5.41) is 8.58. The molecular weight excluding hydrogens is 319 g/mol. The molecule has 0 spiro atoms. The van der Waals surface area contributed by atoms with Gasteiger partial charge in [-0.25, -0.2) is 8.78 Å². The summed E-state index contributed by atoms with van der Waals surface area (Å²) in [5.74, 6) is -3.11. The van der Waals surface area contributed by atoms with Crippen molar-refractivity contribution >= 4 is 28.3 Å². The molecule has 0 aliphatic heterocycles. The van der Waals surface area contributed by atoms with E-state index >= 15 is 0 Å². The van der Waals surface area contributed by atoms with E-state index < -0.39 is 18.6 Å². The Balaban J connectivity index is 0.00000256. The van der Waals surface area contributed by atoms with Crippen molar-refractivity contribution in [2.45, 2.75) is 12.0 Å². The summed E-state index contributed by atoms with van der Waals surface area (Å²) < 4.78 is 32.0. The highest BCUT2D eigenvalue weighted by Crippen LogP contribution is 2.35. The molecule has 0 aliphatic carbocycles. The number of nitrogens with two attached hydrogens (primary N) is 1. The minimum atomic E-state index is -3.38. The monoisotopic (exact) mass is 331 g/mol. The summed E-state index contributed by atoms with van der Waals surface area (Å²) in [4.78, 5) is 0. The van der Waals surface area contributed by atoms with Gasteiger partial charge in [-0.1, -0.05) is 15.9 Å². The number of alkyl halides is 2. The molecule has 98 valence electrons. The van der Waals surface area contributed by atoms with Gasteiger partial charge in [0, 0.05) is 10.0 Å². The molecule has 3 nitrogen and oxygen atoms in total. The zero-order chi connectivity index (χ0) is 12.3. The average molecular weight is 333 g/mol. The number of benzene rings is 1. The standard InChI is InChI=1S/C10H12BrF2NO2.ClH/c1-16-8-3-2-6(11)4-7(8)9(14)10(12,13)5-15;/h2-4,9,15H,5,14H2,1H3;1H/t9-;/m0./s1. The molecule has 0 saturated carbocycles. The fraction of sp³-hybridized carbons (Fsp3) is 0.400. The lowest BCUT2D eigenvalue weighted by molar-refractivity contribution is -0.0715. The highest BCUT2D eigenvalue weighted by Gasteiger charge is 2.38. The van der Waals surface area contributed by atoms with Crippen molar-refractivity contribution in [2.75, 3.05) is 13.7 Å². The predicted octanol–water partition coefficient (Wildman–Crippen LogP) is 2.51. The van der Waals surface area contributed by atoms with E-state index in [0.717, 1.165) is 0 Å². The van der Waals surface area contributed by atoms with Crippen LogP contribution in [0.3, 0.4) is 0 Å². The normalized spacial score (nSPS) is 12.8. The molecule has 0 saturated heterocycles. The van der Waals surface area contributed by atoms with Gasteiger partial charge in [0.1, 0.15) is 18.4 Å². The van der Waals surface area contributed by atoms with E-state index in [9.17, 15) is 8.78 Å². The van der Waals surface area contributed by atoms with Gasteiger partial charge < -0.3 is 15.6 Å². The summed E-state index contributed by atoms with van der Waals surface area (Å²) in [6, 6.07) is 3.04. The summed E-state index contributed by atoms with van der Waals surface area (Å²) in [7, 11) is 1.37. The van der Waals surface area contributed by atoms with Crippen LogP contribution >= 0.6 is 28.3 Å². The van der Waals surface area contributed by atoms with E-state index in [0.29, 0.717) is 4.47 Å². The Morgan fingerprint density at radius 2 is 2.12 bits per heavy atom. The first-order valence-corrected chi connectivity index (χ1v) is 5.29. The van der Waals surface area contributed by atoms with Crippen molar-refractivity contribution in [1.82, 2.24) is 0 Å². The lowest BCUT2D eigenvalue weighted by Gasteiger charge is -2.23. The molecule has 0 aliphatic rings. The maximum Gasteiger partial charge on any atom is 0.289 e. The minimum Gasteiger partial charge on any atom is -0.496 e. The zero-order valence-corrected chi connectivity index (χ0v) is 11.4. The number of ether oxygens (including phenoxy) is 1. The molecule has 0 amide bonds. The Bertz CT molecular complexity index is 379. The number of hydrogen-bond donors (Lipinski definition) is 2. The second-order valence-electron chi connectivity index (χ2n) is 3.28. The zero-order valence-electron chi connectivity index (χ0n) is 8.99. The second-order valence-corrected chi connectivity index (χ2v) is 4.20. The Morgan fingerprint density at radius 3 is 2.59 bits per heavy atom. The number of aliphatic hydroxyl groups is 1. The first-order valence-electron chi connectivity index (χ1n) is 4.50. The van der Waals surface area contributed by atoms with Crippen LogP contribution in [-0.4, -0.2) is 24.7 Å². The van der Waals surface area contributed by atoms with Crippen LogP contribution in [0.25, 0.3) is 0 Å². The first-order chi connectivity index (χ1) is 7.42. The molecule has 0 bridgehead atoms. The van der Waals surface area contributed by atoms with E-state index in [1.54, 1.807) is 6.07 Å². The largest absolute Gasteiger partial charge is 0.496 e. The Kier molecular flexibility index (Phi) is 6.32. The number of rotatable bonds is 4. The lowest BCUT2D eigenvalue weighted by atomic mass is 10.0. The topological polar surface area (TPSA) is 55.5 Å². The maximum atomic E-state index is 13.2. The fourth-order valence-electron chi connectivity index (χ4n) is 1.27. The molecule has 1 rings (SSSR count). The van der Waals surface area contributed by atoms with Crippen molar-refractivity contribution in [3.05, 3.63) is 28.2 Å². The van der Waals surface area contributed by atoms with E-state index in [4.69, 9.17) is 15.6 Å². The molecule has 0 fully saturated rings. The van der Waals surface area contributed by atoms with E-state index in [-0.39, 0.29) is 23.7 Å². The Morgan fingerprint density at radius 1 is 1.53 bits per heavy atom. The Labute approximate surface area is 112 Å². The van der Waals surface area contributed by atoms with Crippen LogP contribution in [0.2, 0.25) is 0 Å². The van der Waals surface area contributed by atoms with Crippen LogP contribution in [0.15, 0.2) is 22.7 Å². The second kappa shape index (κ2) is 6.49. The third-order valence-corrected chi connectivity index (χ3v) is 2.69. The third kappa shape index (κ3) is 3.77. The molecular formula is C10H13BrClF2NO2. The van der Waals surface area contributed by atoms with Crippen LogP contribution in [0.4, 0.5) is 8.78 Å². The van der Waals surface area contributed by atoms with Crippen molar-refractivity contribution < 1.29 is 18.6 Å². The Hall–Kier alpha value is -0.430. The van der Waals surface area contributed by atoms with E-state index in [1.165, 1.54) is 19.2 Å². The molecule has 1 atom stereocenters. The lowest BCUT2D eigenvalue weighted by Crippen LogP contribution is -2.36. The summed E-state index contributed by atoms with van der Waals surface area (Å²) in [5.41, 5.74) is 5.57. The third-order valence-electron chi connectivity index (χ3n) is 2.19. The van der Waals surface area contributed by atoms with E-state index in [1.807, 2.05) is 0 Å². The molecule has 7 heteroatoms. The van der Waals surface area contributed by atoms with Crippen LogP contribution in [0.5, 0.6) is 5.75 Å². The van der Waals surface area contributed by atoms with Gasteiger partial charge in [0.2, 0.25) is 0 Å². The van der Waals surface area contributed by atoms with Gasteiger partial charge in [-0.3, -0.25) is 0 Å². The predicted molar refractivity (Wildman–Crippen MR) is 66.9 cm³/mol. The molecule has 0 aromatic heterocycles. The van der Waals surface area contributed by atoms with Crippen molar-refractivity contribution in [3.8, 4) is 5.75 Å². The van der Waals surface area contributed by atoms with Gasteiger partial charge in [-0.15, -0.1) is 12.4 Å². The first kappa shape index (κ1) is 16.6. The van der Waals surface area contributed by atoms with E-state index in [2.05, 4.69) is 15.9 Å². The van der Waals surface area contributed by atoms with Gasteiger partial charge in [-0.05, 0) is 18.2 Å². The van der Waals surface area contributed by atoms with Gasteiger partial charge in [0.15, 0.2) is 0 Å². The molecule has 0 unspecified atom stereocenters. The highest BCUT2D eigenvalue weighted by molar-refractivity contribution is 9.10. The molecule has 0 heterocycles. The number of hydrogen-bond acceptors (Lipinski definition) is 3.